The van der Waals surface area contributed by atoms with Gasteiger partial charge in [-0.2, -0.15) is 0 Å². The Bertz CT molecular complexity index is 778. The second kappa shape index (κ2) is 8.39. The minimum absolute atomic E-state index is 0.127. The number of para-hydroxylation sites is 1. The summed E-state index contributed by atoms with van der Waals surface area (Å²) in [5, 5.41) is 3.08. The second-order valence-electron chi connectivity index (χ2n) is 7.64. The summed E-state index contributed by atoms with van der Waals surface area (Å²) >= 11 is 0. The first-order valence-corrected chi connectivity index (χ1v) is 9.38. The van der Waals surface area contributed by atoms with Crippen LogP contribution < -0.4 is 10.1 Å². The number of nitrogens with one attached hydrogen (secondary N) is 1. The molecular weight excluding hydrogens is 322 g/mol. The van der Waals surface area contributed by atoms with Gasteiger partial charge in [-0.3, -0.25) is 4.79 Å². The molecule has 0 bridgehead atoms. The minimum atomic E-state index is -0.575. The van der Waals surface area contributed by atoms with Crippen LogP contribution in [0.3, 0.4) is 0 Å². The first-order valence-electron chi connectivity index (χ1n) is 9.38. The van der Waals surface area contributed by atoms with Gasteiger partial charge >= 0.3 is 0 Å². The van der Waals surface area contributed by atoms with Crippen LogP contribution in [-0.2, 0) is 4.79 Å². The molecule has 1 atom stereocenters. The van der Waals surface area contributed by atoms with Gasteiger partial charge in [-0.05, 0) is 60.9 Å². The third-order valence-corrected chi connectivity index (χ3v) is 4.64. The van der Waals surface area contributed by atoms with Crippen LogP contribution in [0.25, 0.3) is 0 Å². The normalized spacial score (nSPS) is 12.3. The number of amides is 1. The third-order valence-electron chi connectivity index (χ3n) is 4.64. The molecular formula is C23H31NO2. The minimum Gasteiger partial charge on any atom is -0.481 e. The van der Waals surface area contributed by atoms with E-state index in [1.54, 1.807) is 6.92 Å². The molecule has 0 aliphatic carbocycles. The molecule has 0 saturated carbocycles. The maximum atomic E-state index is 12.8. The maximum absolute atomic E-state index is 12.8. The average Bonchev–Trinajstić information content (AvgIpc) is 2.56. The van der Waals surface area contributed by atoms with E-state index in [-0.39, 0.29) is 5.91 Å². The van der Waals surface area contributed by atoms with Crippen LogP contribution in [0.1, 0.15) is 68.7 Å². The fourth-order valence-corrected chi connectivity index (χ4v) is 3.03. The molecule has 2 aromatic carbocycles. The van der Waals surface area contributed by atoms with Crippen molar-refractivity contribution >= 4 is 11.6 Å². The summed E-state index contributed by atoms with van der Waals surface area (Å²) in [5.41, 5.74) is 5.35. The molecule has 0 heterocycles. The maximum Gasteiger partial charge on any atom is 0.265 e. The summed E-state index contributed by atoms with van der Waals surface area (Å²) in [6.45, 7) is 14.4. The number of carbonyl (C=O) groups excluding carboxylic acids is 1. The van der Waals surface area contributed by atoms with Crippen molar-refractivity contribution < 1.29 is 9.53 Å². The van der Waals surface area contributed by atoms with Crippen molar-refractivity contribution in [2.24, 2.45) is 0 Å². The van der Waals surface area contributed by atoms with E-state index in [0.717, 1.165) is 33.7 Å². The highest BCUT2D eigenvalue weighted by Gasteiger charge is 2.20. The number of hydrogen-bond donors (Lipinski definition) is 1. The van der Waals surface area contributed by atoms with Gasteiger partial charge in [-0.1, -0.05) is 58.0 Å². The number of benzene rings is 2. The monoisotopic (exact) mass is 353 g/mol. The predicted molar refractivity (Wildman–Crippen MR) is 109 cm³/mol. The number of ether oxygens (including phenoxy) is 1. The SMILES string of the molecule is Cc1ccc(C(C)C)c(OC(C)C(=O)Nc2c(C)cccc2C(C)C)c1. The Morgan fingerprint density at radius 3 is 2.19 bits per heavy atom. The largest absolute Gasteiger partial charge is 0.481 e. The standard InChI is InChI=1S/C23H31NO2/c1-14(2)19-12-11-16(5)13-21(19)26-18(7)23(25)24-22-17(6)9-8-10-20(22)15(3)4/h8-15,18H,1-7H3,(H,24,25). The van der Waals surface area contributed by atoms with E-state index in [1.165, 1.54) is 0 Å². The average molecular weight is 354 g/mol. The predicted octanol–water partition coefficient (Wildman–Crippen LogP) is 5.96. The van der Waals surface area contributed by atoms with Crippen molar-refractivity contribution in [1.29, 1.82) is 0 Å². The molecule has 0 spiro atoms. The van der Waals surface area contributed by atoms with E-state index in [4.69, 9.17) is 4.74 Å². The molecule has 2 aromatic rings. The van der Waals surface area contributed by atoms with Gasteiger partial charge in [0.25, 0.3) is 5.91 Å². The zero-order valence-electron chi connectivity index (χ0n) is 17.0. The summed E-state index contributed by atoms with van der Waals surface area (Å²) in [4.78, 5) is 12.8. The van der Waals surface area contributed by atoms with E-state index in [1.807, 2.05) is 32.0 Å². The molecule has 1 amide bonds. The molecule has 3 nitrogen and oxygen atoms in total. The van der Waals surface area contributed by atoms with Gasteiger partial charge in [0.1, 0.15) is 5.75 Å². The highest BCUT2D eigenvalue weighted by Crippen LogP contribution is 2.30. The summed E-state index contributed by atoms with van der Waals surface area (Å²) in [7, 11) is 0. The van der Waals surface area contributed by atoms with Gasteiger partial charge < -0.3 is 10.1 Å². The lowest BCUT2D eigenvalue weighted by molar-refractivity contribution is -0.122. The van der Waals surface area contributed by atoms with E-state index < -0.39 is 6.10 Å². The topological polar surface area (TPSA) is 38.3 Å². The zero-order chi connectivity index (χ0) is 19.4. The first kappa shape index (κ1) is 20.0. The quantitative estimate of drug-likeness (QED) is 0.696. The van der Waals surface area contributed by atoms with Crippen LogP contribution >= 0.6 is 0 Å². The van der Waals surface area contributed by atoms with E-state index in [0.29, 0.717) is 11.8 Å². The van der Waals surface area contributed by atoms with Crippen LogP contribution in [-0.4, -0.2) is 12.0 Å². The fourth-order valence-electron chi connectivity index (χ4n) is 3.03. The van der Waals surface area contributed by atoms with Gasteiger partial charge in [0.2, 0.25) is 0 Å². The smallest absolute Gasteiger partial charge is 0.265 e. The molecule has 26 heavy (non-hydrogen) atoms. The lowest BCUT2D eigenvalue weighted by Gasteiger charge is -2.21. The van der Waals surface area contributed by atoms with Crippen LogP contribution in [0, 0.1) is 13.8 Å². The van der Waals surface area contributed by atoms with E-state index in [9.17, 15) is 4.79 Å². The second-order valence-corrected chi connectivity index (χ2v) is 7.64. The molecule has 140 valence electrons. The van der Waals surface area contributed by atoms with Crippen LogP contribution in [0.4, 0.5) is 5.69 Å². The van der Waals surface area contributed by atoms with Gasteiger partial charge in [-0.25, -0.2) is 0 Å². The summed E-state index contributed by atoms with van der Waals surface area (Å²) in [6, 6.07) is 12.3. The molecule has 3 heteroatoms. The summed E-state index contributed by atoms with van der Waals surface area (Å²) in [5.74, 6) is 1.34. The Kier molecular flexibility index (Phi) is 6.47. The van der Waals surface area contributed by atoms with Crippen molar-refractivity contribution in [3.05, 3.63) is 58.7 Å². The Labute approximate surface area is 157 Å². The van der Waals surface area contributed by atoms with Gasteiger partial charge in [0, 0.05) is 5.69 Å². The number of hydrogen-bond acceptors (Lipinski definition) is 2. The Morgan fingerprint density at radius 2 is 1.58 bits per heavy atom. The van der Waals surface area contributed by atoms with Gasteiger partial charge in [0.15, 0.2) is 6.10 Å². The molecule has 0 saturated heterocycles. The lowest BCUT2D eigenvalue weighted by atomic mass is 9.98. The van der Waals surface area contributed by atoms with Crippen molar-refractivity contribution in [1.82, 2.24) is 0 Å². The molecule has 1 N–H and O–H groups in total. The number of aryl methyl sites for hydroxylation is 2. The number of carbonyl (C=O) groups is 1. The van der Waals surface area contributed by atoms with E-state index in [2.05, 4.69) is 51.2 Å². The summed E-state index contributed by atoms with van der Waals surface area (Å²) < 4.78 is 6.05. The molecule has 0 aliphatic rings. The molecule has 2 rings (SSSR count). The Hall–Kier alpha value is -2.29. The molecule has 0 fully saturated rings. The molecule has 0 radical (unpaired) electrons. The fraction of sp³-hybridized carbons (Fsp3) is 0.435. The lowest BCUT2D eigenvalue weighted by Crippen LogP contribution is -2.31. The Morgan fingerprint density at radius 1 is 0.923 bits per heavy atom. The van der Waals surface area contributed by atoms with Crippen LogP contribution in [0.2, 0.25) is 0 Å². The van der Waals surface area contributed by atoms with Crippen molar-refractivity contribution in [2.45, 2.75) is 66.4 Å². The van der Waals surface area contributed by atoms with Gasteiger partial charge in [-0.15, -0.1) is 0 Å². The van der Waals surface area contributed by atoms with Crippen LogP contribution in [0.15, 0.2) is 36.4 Å². The van der Waals surface area contributed by atoms with Gasteiger partial charge in [0.05, 0.1) is 0 Å². The molecule has 0 aliphatic heterocycles. The van der Waals surface area contributed by atoms with Crippen LogP contribution in [0.5, 0.6) is 5.75 Å². The highest BCUT2D eigenvalue weighted by atomic mass is 16.5. The number of rotatable bonds is 6. The Balaban J connectivity index is 2.21. The van der Waals surface area contributed by atoms with Crippen molar-refractivity contribution in [3.63, 3.8) is 0 Å². The highest BCUT2D eigenvalue weighted by molar-refractivity contribution is 5.95. The number of anilines is 1. The molecule has 0 aromatic heterocycles. The van der Waals surface area contributed by atoms with Crippen molar-refractivity contribution in [3.8, 4) is 5.75 Å². The summed E-state index contributed by atoms with van der Waals surface area (Å²) in [6.07, 6.45) is -0.575. The van der Waals surface area contributed by atoms with E-state index >= 15 is 0 Å². The molecule has 1 unspecified atom stereocenters. The third kappa shape index (κ3) is 4.66. The first-order chi connectivity index (χ1) is 12.2. The van der Waals surface area contributed by atoms with Crippen molar-refractivity contribution in [2.75, 3.05) is 5.32 Å². The zero-order valence-corrected chi connectivity index (χ0v) is 17.0.